The predicted octanol–water partition coefficient (Wildman–Crippen LogP) is 4.01. The van der Waals surface area contributed by atoms with Gasteiger partial charge in [0.2, 0.25) is 15.0 Å². The molecular formula is C23H36N4O3S. The van der Waals surface area contributed by atoms with E-state index in [0.717, 1.165) is 16.8 Å². The first-order valence-electron chi connectivity index (χ1n) is 10.9. The SMILES string of the molecule is CCNC(=O)N(Cc1cnc(S(=O)(=O)Cc2cccc(C)c2)n1CC(C)C)CC(C)C. The van der Waals surface area contributed by atoms with Gasteiger partial charge in [-0.3, -0.25) is 0 Å². The number of benzene rings is 1. The molecule has 172 valence electrons. The van der Waals surface area contributed by atoms with E-state index in [-0.39, 0.29) is 28.8 Å². The lowest BCUT2D eigenvalue weighted by Crippen LogP contribution is -2.41. The zero-order chi connectivity index (χ0) is 23.2. The van der Waals surface area contributed by atoms with E-state index in [1.807, 2.05) is 52.0 Å². The maximum Gasteiger partial charge on any atom is 0.317 e. The summed E-state index contributed by atoms with van der Waals surface area (Å²) in [7, 11) is -3.64. The molecule has 0 aliphatic rings. The summed E-state index contributed by atoms with van der Waals surface area (Å²) in [5.41, 5.74) is 2.48. The first kappa shape index (κ1) is 24.9. The smallest absolute Gasteiger partial charge is 0.317 e. The van der Waals surface area contributed by atoms with Gasteiger partial charge in [0.25, 0.3) is 0 Å². The zero-order valence-corrected chi connectivity index (χ0v) is 20.4. The van der Waals surface area contributed by atoms with Crippen LogP contribution in [-0.2, 0) is 28.7 Å². The molecule has 1 aromatic carbocycles. The van der Waals surface area contributed by atoms with E-state index in [9.17, 15) is 13.2 Å². The third kappa shape index (κ3) is 7.09. The highest BCUT2D eigenvalue weighted by molar-refractivity contribution is 7.90. The number of aromatic nitrogens is 2. The highest BCUT2D eigenvalue weighted by Gasteiger charge is 2.26. The molecule has 2 aromatic rings. The molecule has 0 aliphatic heterocycles. The van der Waals surface area contributed by atoms with Crippen molar-refractivity contribution in [1.82, 2.24) is 19.8 Å². The van der Waals surface area contributed by atoms with Crippen LogP contribution in [0.1, 0.15) is 51.4 Å². The second kappa shape index (κ2) is 10.8. The zero-order valence-electron chi connectivity index (χ0n) is 19.6. The number of hydrogen-bond donors (Lipinski definition) is 1. The van der Waals surface area contributed by atoms with E-state index >= 15 is 0 Å². The van der Waals surface area contributed by atoms with Crippen molar-refractivity contribution in [2.75, 3.05) is 13.1 Å². The summed E-state index contributed by atoms with van der Waals surface area (Å²) < 4.78 is 28.3. The predicted molar refractivity (Wildman–Crippen MR) is 123 cm³/mol. The molecule has 0 saturated heterocycles. The molecule has 1 aromatic heterocycles. The summed E-state index contributed by atoms with van der Waals surface area (Å²) in [6.45, 7) is 13.9. The Bertz CT molecular complexity index is 980. The van der Waals surface area contributed by atoms with E-state index in [0.29, 0.717) is 26.2 Å². The maximum atomic E-state index is 13.3. The normalized spacial score (nSPS) is 11.9. The van der Waals surface area contributed by atoms with Crippen molar-refractivity contribution in [2.24, 2.45) is 11.8 Å². The summed E-state index contributed by atoms with van der Waals surface area (Å²) in [4.78, 5) is 18.6. The van der Waals surface area contributed by atoms with E-state index in [1.54, 1.807) is 15.7 Å². The van der Waals surface area contributed by atoms with Gasteiger partial charge < -0.3 is 14.8 Å². The fraction of sp³-hybridized carbons (Fsp3) is 0.565. The Labute approximate surface area is 186 Å². The molecule has 0 spiro atoms. The van der Waals surface area contributed by atoms with Crippen molar-refractivity contribution in [3.63, 3.8) is 0 Å². The van der Waals surface area contributed by atoms with Gasteiger partial charge in [0.1, 0.15) is 0 Å². The second-order valence-corrected chi connectivity index (χ2v) is 10.8. The Kier molecular flexibility index (Phi) is 8.68. The van der Waals surface area contributed by atoms with Crippen LogP contribution in [0.4, 0.5) is 4.79 Å². The molecular weight excluding hydrogens is 412 g/mol. The van der Waals surface area contributed by atoms with E-state index in [2.05, 4.69) is 24.1 Å². The van der Waals surface area contributed by atoms with Crippen LogP contribution in [0.3, 0.4) is 0 Å². The van der Waals surface area contributed by atoms with Crippen LogP contribution in [0.2, 0.25) is 0 Å². The molecule has 0 atom stereocenters. The molecule has 2 rings (SSSR count). The second-order valence-electron chi connectivity index (χ2n) is 8.89. The average molecular weight is 449 g/mol. The minimum atomic E-state index is -3.64. The highest BCUT2D eigenvalue weighted by Crippen LogP contribution is 2.21. The molecule has 2 amide bonds. The van der Waals surface area contributed by atoms with Crippen molar-refractivity contribution < 1.29 is 13.2 Å². The summed E-state index contributed by atoms with van der Waals surface area (Å²) in [5.74, 6) is 0.410. The molecule has 0 unspecified atom stereocenters. The van der Waals surface area contributed by atoms with Crippen LogP contribution in [0.15, 0.2) is 35.6 Å². The monoisotopic (exact) mass is 448 g/mol. The molecule has 1 N–H and O–H groups in total. The third-order valence-corrected chi connectivity index (χ3v) is 6.32. The number of sulfone groups is 1. The van der Waals surface area contributed by atoms with Crippen molar-refractivity contribution >= 4 is 15.9 Å². The van der Waals surface area contributed by atoms with E-state index in [1.165, 1.54) is 0 Å². The lowest BCUT2D eigenvalue weighted by Gasteiger charge is -2.25. The number of nitrogens with zero attached hydrogens (tertiary/aromatic N) is 3. The number of carbonyl (C=O) groups excluding carboxylic acids is 1. The van der Waals surface area contributed by atoms with Gasteiger partial charge in [-0.1, -0.05) is 57.5 Å². The first-order chi connectivity index (χ1) is 14.5. The van der Waals surface area contributed by atoms with Crippen LogP contribution < -0.4 is 5.32 Å². The molecule has 8 heteroatoms. The van der Waals surface area contributed by atoms with E-state index in [4.69, 9.17) is 0 Å². The molecule has 0 bridgehead atoms. The topological polar surface area (TPSA) is 84.3 Å². The fourth-order valence-electron chi connectivity index (χ4n) is 3.53. The Morgan fingerprint density at radius 2 is 1.90 bits per heavy atom. The number of carbonyl (C=O) groups is 1. The summed E-state index contributed by atoms with van der Waals surface area (Å²) in [6, 6.07) is 7.35. The minimum Gasteiger partial charge on any atom is -0.338 e. The largest absolute Gasteiger partial charge is 0.338 e. The van der Waals surface area contributed by atoms with Gasteiger partial charge in [-0.2, -0.15) is 0 Å². The van der Waals surface area contributed by atoms with Gasteiger partial charge in [0.15, 0.2) is 0 Å². The molecule has 0 aliphatic carbocycles. The summed E-state index contributed by atoms with van der Waals surface area (Å²) in [6.07, 6.45) is 1.60. The molecule has 1 heterocycles. The molecule has 0 radical (unpaired) electrons. The molecule has 7 nitrogen and oxygen atoms in total. The number of rotatable bonds is 10. The number of nitrogens with one attached hydrogen (secondary N) is 1. The van der Waals surface area contributed by atoms with Gasteiger partial charge in [-0.05, 0) is 31.2 Å². The number of aryl methyl sites for hydroxylation is 1. The lowest BCUT2D eigenvalue weighted by molar-refractivity contribution is 0.186. The number of hydrogen-bond acceptors (Lipinski definition) is 4. The summed E-state index contributed by atoms with van der Waals surface area (Å²) >= 11 is 0. The maximum absolute atomic E-state index is 13.3. The van der Waals surface area contributed by atoms with Crippen molar-refractivity contribution in [2.45, 2.75) is 65.5 Å². The Morgan fingerprint density at radius 1 is 1.19 bits per heavy atom. The number of imidazole rings is 1. The lowest BCUT2D eigenvalue weighted by atomic mass is 10.2. The van der Waals surface area contributed by atoms with Gasteiger partial charge in [-0.25, -0.2) is 18.2 Å². The van der Waals surface area contributed by atoms with Crippen molar-refractivity contribution in [1.29, 1.82) is 0 Å². The van der Waals surface area contributed by atoms with E-state index < -0.39 is 9.84 Å². The van der Waals surface area contributed by atoms with Crippen LogP contribution in [0.5, 0.6) is 0 Å². The summed E-state index contributed by atoms with van der Waals surface area (Å²) in [5, 5.41) is 2.91. The van der Waals surface area contributed by atoms with Crippen molar-refractivity contribution in [3.8, 4) is 0 Å². The van der Waals surface area contributed by atoms with Crippen LogP contribution in [0.25, 0.3) is 0 Å². The fourth-order valence-corrected chi connectivity index (χ4v) is 5.02. The highest BCUT2D eigenvalue weighted by atomic mass is 32.2. The number of urea groups is 1. The molecule has 0 saturated carbocycles. The van der Waals surface area contributed by atoms with Gasteiger partial charge in [0.05, 0.1) is 24.2 Å². The third-order valence-electron chi connectivity index (χ3n) is 4.72. The van der Waals surface area contributed by atoms with Crippen molar-refractivity contribution in [3.05, 3.63) is 47.3 Å². The van der Waals surface area contributed by atoms with Gasteiger partial charge >= 0.3 is 6.03 Å². The molecule has 0 fully saturated rings. The average Bonchev–Trinajstić information content (AvgIpc) is 3.03. The first-order valence-corrected chi connectivity index (χ1v) is 12.5. The van der Waals surface area contributed by atoms with Gasteiger partial charge in [0, 0.05) is 19.6 Å². The Balaban J connectivity index is 2.40. The van der Waals surface area contributed by atoms with Gasteiger partial charge in [-0.15, -0.1) is 0 Å². The molecule has 31 heavy (non-hydrogen) atoms. The quantitative estimate of drug-likeness (QED) is 0.595. The van der Waals surface area contributed by atoms with Crippen LogP contribution >= 0.6 is 0 Å². The van der Waals surface area contributed by atoms with Crippen LogP contribution in [-0.4, -0.2) is 42.0 Å². The standard InChI is InChI=1S/C23H36N4O3S/c1-7-24-22(28)26(13-17(2)3)15-21-12-25-23(27(21)14-18(4)5)31(29,30)16-20-10-8-9-19(6)11-20/h8-12,17-18H,7,13-16H2,1-6H3,(H,24,28). The van der Waals surface area contributed by atoms with Crippen LogP contribution in [0, 0.1) is 18.8 Å². The minimum absolute atomic E-state index is 0.0677. The Hall–Kier alpha value is -2.35. The number of amides is 2. The Morgan fingerprint density at radius 3 is 2.48 bits per heavy atom.